The molecule has 1 unspecified atom stereocenters. The van der Waals surface area contributed by atoms with Gasteiger partial charge < -0.3 is 10.1 Å². The van der Waals surface area contributed by atoms with Gasteiger partial charge in [0.25, 0.3) is 11.8 Å². The number of benzene rings is 1. The molecule has 2 aromatic rings. The van der Waals surface area contributed by atoms with Crippen molar-refractivity contribution < 1.29 is 22.7 Å². The van der Waals surface area contributed by atoms with E-state index in [9.17, 15) is 18.0 Å². The molecule has 0 radical (unpaired) electrons. The van der Waals surface area contributed by atoms with E-state index in [4.69, 9.17) is 4.74 Å². The van der Waals surface area contributed by atoms with Crippen molar-refractivity contribution in [1.82, 2.24) is 10.3 Å². The molecule has 0 spiro atoms. The minimum absolute atomic E-state index is 0.0575. The third-order valence-corrected chi connectivity index (χ3v) is 4.76. The molecule has 29 heavy (non-hydrogen) atoms. The lowest BCUT2D eigenvalue weighted by atomic mass is 10.1. The van der Waals surface area contributed by atoms with Crippen LogP contribution in [0.5, 0.6) is 5.75 Å². The van der Waals surface area contributed by atoms with Crippen LogP contribution in [0.25, 0.3) is 0 Å². The van der Waals surface area contributed by atoms with Gasteiger partial charge in [-0.15, -0.1) is 0 Å². The number of aromatic nitrogens is 1. The largest absolute Gasteiger partial charge is 0.493 e. The van der Waals surface area contributed by atoms with E-state index in [1.54, 1.807) is 18.3 Å². The maximum Gasteiger partial charge on any atom is 0.273 e. The summed E-state index contributed by atoms with van der Waals surface area (Å²) in [6.45, 7) is 6.22. The molecule has 4 nitrogen and oxygen atoms in total. The summed E-state index contributed by atoms with van der Waals surface area (Å²) in [7, 11) is 0. The number of nitrogens with one attached hydrogen (secondary N) is 1. The Morgan fingerprint density at radius 2 is 2.00 bits per heavy atom. The van der Waals surface area contributed by atoms with Gasteiger partial charge in [0.2, 0.25) is 0 Å². The van der Waals surface area contributed by atoms with Crippen LogP contribution >= 0.6 is 0 Å². The number of ether oxygens (including phenoxy) is 1. The highest BCUT2D eigenvalue weighted by atomic mass is 19.3. The molecule has 158 valence electrons. The second-order valence-corrected chi connectivity index (χ2v) is 7.11. The summed E-state index contributed by atoms with van der Waals surface area (Å²) in [4.78, 5) is 16.2. The first-order valence-corrected chi connectivity index (χ1v) is 9.80. The first-order chi connectivity index (χ1) is 13.7. The number of carbonyl (C=O) groups is 1. The SMILES string of the molecule is CCC(C)CNC(=O)c1ccc(CCOc2cc(F)cc(C(F)(F)CC)c2)cn1. The topological polar surface area (TPSA) is 51.2 Å². The average molecular weight is 408 g/mol. The van der Waals surface area contributed by atoms with E-state index in [2.05, 4.69) is 24.1 Å². The number of carbonyl (C=O) groups excluding carboxylic acids is 1. The maximum atomic E-state index is 13.8. The molecule has 2 rings (SSSR count). The first-order valence-electron chi connectivity index (χ1n) is 9.80. The van der Waals surface area contributed by atoms with Crippen LogP contribution in [0.1, 0.15) is 55.2 Å². The van der Waals surface area contributed by atoms with Crippen molar-refractivity contribution in [1.29, 1.82) is 0 Å². The van der Waals surface area contributed by atoms with Gasteiger partial charge in [-0.1, -0.05) is 33.3 Å². The van der Waals surface area contributed by atoms with Crippen molar-refractivity contribution in [3.05, 3.63) is 59.2 Å². The van der Waals surface area contributed by atoms with Gasteiger partial charge in [-0.05, 0) is 29.7 Å². The lowest BCUT2D eigenvalue weighted by molar-refractivity contribution is -0.00881. The predicted octanol–water partition coefficient (Wildman–Crippen LogP) is 5.12. The summed E-state index contributed by atoms with van der Waals surface area (Å²) >= 11 is 0. The fraction of sp³-hybridized carbons (Fsp3) is 0.455. The Kier molecular flexibility index (Phi) is 8.05. The van der Waals surface area contributed by atoms with E-state index < -0.39 is 23.7 Å². The third-order valence-electron chi connectivity index (χ3n) is 4.76. The molecular formula is C22H27F3N2O2. The zero-order chi connectivity index (χ0) is 21.4. The molecule has 1 amide bonds. The van der Waals surface area contributed by atoms with Crippen molar-refractivity contribution in [3.8, 4) is 5.75 Å². The van der Waals surface area contributed by atoms with E-state index >= 15 is 0 Å². The van der Waals surface area contributed by atoms with E-state index in [-0.39, 0.29) is 18.3 Å². The third kappa shape index (κ3) is 6.76. The number of alkyl halides is 2. The molecule has 7 heteroatoms. The van der Waals surface area contributed by atoms with Crippen molar-refractivity contribution in [2.75, 3.05) is 13.2 Å². The summed E-state index contributed by atoms with van der Waals surface area (Å²) in [6.07, 6.45) is 2.58. The number of halogens is 3. The Bertz CT molecular complexity index is 810. The van der Waals surface area contributed by atoms with Crippen LogP contribution in [0, 0.1) is 11.7 Å². The van der Waals surface area contributed by atoms with Crippen LogP contribution in [0.3, 0.4) is 0 Å². The molecule has 0 aliphatic rings. The Balaban J connectivity index is 1.90. The van der Waals surface area contributed by atoms with Crippen LogP contribution in [0.4, 0.5) is 13.2 Å². The van der Waals surface area contributed by atoms with Gasteiger partial charge >= 0.3 is 0 Å². The number of amides is 1. The lowest BCUT2D eigenvalue weighted by Gasteiger charge is -2.16. The lowest BCUT2D eigenvalue weighted by Crippen LogP contribution is -2.28. The second kappa shape index (κ2) is 10.3. The standard InChI is InChI=1S/C22H27F3N2O2/c1-4-15(3)13-27-21(28)20-7-6-16(14-26-20)8-9-29-19-11-17(10-18(23)12-19)22(24,25)5-2/h6-7,10-12,14-15H,4-5,8-9,13H2,1-3H3,(H,27,28). The summed E-state index contributed by atoms with van der Waals surface area (Å²) in [5.41, 5.74) is 0.748. The quantitative estimate of drug-likeness (QED) is 0.594. The fourth-order valence-corrected chi connectivity index (χ4v) is 2.56. The number of nitrogens with zero attached hydrogens (tertiary/aromatic N) is 1. The van der Waals surface area contributed by atoms with Crippen LogP contribution in [0.2, 0.25) is 0 Å². The zero-order valence-corrected chi connectivity index (χ0v) is 17.0. The van der Waals surface area contributed by atoms with Gasteiger partial charge in [0.05, 0.1) is 6.61 Å². The number of hydrogen-bond donors (Lipinski definition) is 1. The molecule has 0 fully saturated rings. The average Bonchev–Trinajstić information content (AvgIpc) is 2.71. The Morgan fingerprint density at radius 3 is 2.62 bits per heavy atom. The molecule has 1 N–H and O–H groups in total. The highest BCUT2D eigenvalue weighted by Gasteiger charge is 2.30. The number of rotatable bonds is 10. The van der Waals surface area contributed by atoms with Gasteiger partial charge in [0.1, 0.15) is 17.3 Å². The normalized spacial score (nSPS) is 12.5. The van der Waals surface area contributed by atoms with E-state index in [0.29, 0.717) is 24.6 Å². The minimum atomic E-state index is -3.10. The number of pyridine rings is 1. The molecule has 1 aromatic carbocycles. The van der Waals surface area contributed by atoms with Crippen LogP contribution in [-0.4, -0.2) is 24.0 Å². The fourth-order valence-electron chi connectivity index (χ4n) is 2.56. The summed E-state index contributed by atoms with van der Waals surface area (Å²) in [5, 5.41) is 2.84. The van der Waals surface area contributed by atoms with Gasteiger partial charge in [0, 0.05) is 37.2 Å². The molecule has 1 aromatic heterocycles. The Labute approximate surface area is 169 Å². The van der Waals surface area contributed by atoms with E-state index in [0.717, 1.165) is 30.2 Å². The minimum Gasteiger partial charge on any atom is -0.493 e. The highest BCUT2D eigenvalue weighted by Crippen LogP contribution is 2.33. The summed E-state index contributed by atoms with van der Waals surface area (Å²) in [6, 6.07) is 6.46. The zero-order valence-electron chi connectivity index (χ0n) is 17.0. The van der Waals surface area contributed by atoms with Crippen LogP contribution in [0.15, 0.2) is 36.5 Å². The van der Waals surface area contributed by atoms with Crippen molar-refractivity contribution in [2.45, 2.75) is 46.0 Å². The summed E-state index contributed by atoms with van der Waals surface area (Å²) < 4.78 is 46.7. The Morgan fingerprint density at radius 1 is 1.24 bits per heavy atom. The Hall–Kier alpha value is -2.57. The molecular weight excluding hydrogens is 381 g/mol. The van der Waals surface area contributed by atoms with E-state index in [1.807, 2.05) is 0 Å². The predicted molar refractivity (Wildman–Crippen MR) is 106 cm³/mol. The highest BCUT2D eigenvalue weighted by molar-refractivity contribution is 5.92. The van der Waals surface area contributed by atoms with Gasteiger partial charge in [-0.3, -0.25) is 9.78 Å². The van der Waals surface area contributed by atoms with Gasteiger partial charge in [-0.25, -0.2) is 13.2 Å². The number of hydrogen-bond acceptors (Lipinski definition) is 3. The van der Waals surface area contributed by atoms with Crippen molar-refractivity contribution in [3.63, 3.8) is 0 Å². The molecule has 0 saturated carbocycles. The smallest absolute Gasteiger partial charge is 0.273 e. The van der Waals surface area contributed by atoms with Gasteiger partial charge in [0.15, 0.2) is 0 Å². The molecule has 0 saturated heterocycles. The molecule has 1 atom stereocenters. The monoisotopic (exact) mass is 408 g/mol. The van der Waals surface area contributed by atoms with Crippen LogP contribution < -0.4 is 10.1 Å². The summed E-state index contributed by atoms with van der Waals surface area (Å²) in [5.74, 6) is -3.63. The van der Waals surface area contributed by atoms with Crippen molar-refractivity contribution >= 4 is 5.91 Å². The first kappa shape index (κ1) is 22.7. The molecule has 1 heterocycles. The van der Waals surface area contributed by atoms with E-state index in [1.165, 1.54) is 6.92 Å². The maximum absolute atomic E-state index is 13.8. The second-order valence-electron chi connectivity index (χ2n) is 7.11. The van der Waals surface area contributed by atoms with Crippen molar-refractivity contribution in [2.24, 2.45) is 5.92 Å². The molecule has 0 bridgehead atoms. The van der Waals surface area contributed by atoms with Crippen LogP contribution in [-0.2, 0) is 12.3 Å². The molecule has 0 aliphatic carbocycles. The van der Waals surface area contributed by atoms with Gasteiger partial charge in [-0.2, -0.15) is 0 Å². The molecule has 0 aliphatic heterocycles.